The summed E-state index contributed by atoms with van der Waals surface area (Å²) >= 11 is 6.47. The zero-order chi connectivity index (χ0) is 19.9. The Morgan fingerprint density at radius 3 is 2.71 bits per heavy atom. The fourth-order valence-corrected chi connectivity index (χ4v) is 3.94. The summed E-state index contributed by atoms with van der Waals surface area (Å²) in [5.41, 5.74) is 0.501. The summed E-state index contributed by atoms with van der Waals surface area (Å²) in [6.45, 7) is 6.86. The molecule has 2 aliphatic rings. The maximum absolute atomic E-state index is 13.3. The van der Waals surface area contributed by atoms with E-state index in [1.807, 2.05) is 11.8 Å². The van der Waals surface area contributed by atoms with Crippen LogP contribution in [0, 0.1) is 0 Å². The van der Waals surface area contributed by atoms with Gasteiger partial charge in [-0.3, -0.25) is 4.79 Å². The third-order valence-corrected chi connectivity index (χ3v) is 5.35. The Morgan fingerprint density at radius 2 is 2.00 bits per heavy atom. The SMILES string of the molecule is CCCCOc1c(Cl)cc(C(=O)N2CCCCC2C2OCCO2)cc1OCC. The summed E-state index contributed by atoms with van der Waals surface area (Å²) in [6, 6.07) is 3.34. The second-order valence-corrected chi connectivity index (χ2v) is 7.50. The molecular weight excluding hydrogens is 382 g/mol. The van der Waals surface area contributed by atoms with E-state index in [2.05, 4.69) is 6.92 Å². The molecule has 0 aliphatic carbocycles. The largest absolute Gasteiger partial charge is 0.490 e. The van der Waals surface area contributed by atoms with Crippen LogP contribution in [0.5, 0.6) is 11.5 Å². The van der Waals surface area contributed by atoms with Gasteiger partial charge in [0, 0.05) is 12.1 Å². The lowest BCUT2D eigenvalue weighted by molar-refractivity contribution is -0.100. The molecule has 2 saturated heterocycles. The molecule has 0 saturated carbocycles. The van der Waals surface area contributed by atoms with Crippen molar-refractivity contribution in [3.8, 4) is 11.5 Å². The van der Waals surface area contributed by atoms with E-state index < -0.39 is 0 Å². The van der Waals surface area contributed by atoms with Crippen molar-refractivity contribution in [2.75, 3.05) is 33.0 Å². The van der Waals surface area contributed by atoms with Crippen LogP contribution in [0.2, 0.25) is 5.02 Å². The van der Waals surface area contributed by atoms with Crippen LogP contribution in [0.25, 0.3) is 0 Å². The number of rotatable bonds is 8. The second kappa shape index (κ2) is 10.3. The normalized spacial score (nSPS) is 20.4. The molecule has 1 unspecified atom stereocenters. The van der Waals surface area contributed by atoms with Crippen molar-refractivity contribution in [1.29, 1.82) is 0 Å². The van der Waals surface area contributed by atoms with Crippen LogP contribution in [0.3, 0.4) is 0 Å². The van der Waals surface area contributed by atoms with Gasteiger partial charge in [-0.15, -0.1) is 0 Å². The Labute approximate surface area is 172 Å². The van der Waals surface area contributed by atoms with E-state index in [9.17, 15) is 4.79 Å². The minimum atomic E-state index is -0.345. The predicted octanol–water partition coefficient (Wildman–Crippen LogP) is 4.29. The van der Waals surface area contributed by atoms with Gasteiger partial charge in [0.05, 0.1) is 37.5 Å². The molecular formula is C21H30ClNO5. The van der Waals surface area contributed by atoms with Gasteiger partial charge in [0.1, 0.15) is 0 Å². The van der Waals surface area contributed by atoms with Crippen molar-refractivity contribution in [2.45, 2.75) is 58.3 Å². The molecule has 0 N–H and O–H groups in total. The summed E-state index contributed by atoms with van der Waals surface area (Å²) in [6.07, 6.45) is 4.52. The molecule has 7 heteroatoms. The van der Waals surface area contributed by atoms with Gasteiger partial charge in [0.15, 0.2) is 17.8 Å². The van der Waals surface area contributed by atoms with Crippen LogP contribution >= 0.6 is 11.6 Å². The summed E-state index contributed by atoms with van der Waals surface area (Å²) < 4.78 is 22.9. The molecule has 1 aromatic rings. The van der Waals surface area contributed by atoms with Crippen LogP contribution in [-0.4, -0.2) is 56.1 Å². The molecule has 156 valence electrons. The molecule has 2 heterocycles. The minimum absolute atomic E-state index is 0.0708. The molecule has 1 atom stereocenters. The van der Waals surface area contributed by atoms with Gasteiger partial charge in [-0.25, -0.2) is 0 Å². The number of nitrogens with zero attached hydrogens (tertiary/aromatic N) is 1. The van der Waals surface area contributed by atoms with Crippen molar-refractivity contribution in [3.05, 3.63) is 22.7 Å². The minimum Gasteiger partial charge on any atom is -0.490 e. The Kier molecular flexibility index (Phi) is 7.82. The first-order valence-electron chi connectivity index (χ1n) is 10.3. The number of carbonyl (C=O) groups is 1. The van der Waals surface area contributed by atoms with Crippen LogP contribution in [0.1, 0.15) is 56.3 Å². The lowest BCUT2D eigenvalue weighted by Gasteiger charge is -2.38. The smallest absolute Gasteiger partial charge is 0.254 e. The van der Waals surface area contributed by atoms with Crippen LogP contribution < -0.4 is 9.47 Å². The molecule has 28 heavy (non-hydrogen) atoms. The van der Waals surface area contributed by atoms with E-state index in [4.69, 9.17) is 30.5 Å². The van der Waals surface area contributed by atoms with Crippen molar-refractivity contribution >= 4 is 17.5 Å². The third kappa shape index (κ3) is 4.91. The van der Waals surface area contributed by atoms with Crippen LogP contribution in [0.15, 0.2) is 12.1 Å². The first-order chi connectivity index (χ1) is 13.7. The average Bonchev–Trinajstić information content (AvgIpc) is 3.24. The first-order valence-corrected chi connectivity index (χ1v) is 10.7. The lowest BCUT2D eigenvalue weighted by Crippen LogP contribution is -2.50. The number of hydrogen-bond donors (Lipinski definition) is 0. The van der Waals surface area contributed by atoms with Crippen molar-refractivity contribution in [3.63, 3.8) is 0 Å². The molecule has 3 rings (SSSR count). The van der Waals surface area contributed by atoms with E-state index in [1.165, 1.54) is 0 Å². The zero-order valence-corrected chi connectivity index (χ0v) is 17.5. The van der Waals surface area contributed by atoms with Gasteiger partial charge in [-0.1, -0.05) is 24.9 Å². The van der Waals surface area contributed by atoms with Crippen LogP contribution in [0.4, 0.5) is 0 Å². The van der Waals surface area contributed by atoms with Gasteiger partial charge in [-0.05, 0) is 44.7 Å². The van der Waals surface area contributed by atoms with Crippen LogP contribution in [-0.2, 0) is 9.47 Å². The Hall–Kier alpha value is -1.50. The standard InChI is InChI=1S/C21H30ClNO5/c1-3-5-10-26-19-16(22)13-15(14-18(19)25-4-2)20(24)23-9-7-6-8-17(23)21-27-11-12-28-21/h13-14,17,21H,3-12H2,1-2H3. The number of ether oxygens (including phenoxy) is 4. The molecule has 0 aromatic heterocycles. The number of unbranched alkanes of at least 4 members (excludes halogenated alkanes) is 1. The fourth-order valence-electron chi connectivity index (χ4n) is 3.67. The number of benzene rings is 1. The number of carbonyl (C=O) groups excluding carboxylic acids is 1. The van der Waals surface area contributed by atoms with Gasteiger partial charge in [-0.2, -0.15) is 0 Å². The molecule has 2 fully saturated rings. The number of amides is 1. The van der Waals surface area contributed by atoms with E-state index in [0.29, 0.717) is 55.1 Å². The highest BCUT2D eigenvalue weighted by molar-refractivity contribution is 6.32. The highest BCUT2D eigenvalue weighted by Crippen LogP contribution is 2.38. The Balaban J connectivity index is 1.83. The maximum atomic E-state index is 13.3. The van der Waals surface area contributed by atoms with E-state index in [0.717, 1.165) is 32.1 Å². The highest BCUT2D eigenvalue weighted by Gasteiger charge is 2.37. The molecule has 1 amide bonds. The third-order valence-electron chi connectivity index (χ3n) is 5.07. The van der Waals surface area contributed by atoms with Gasteiger partial charge in [0.25, 0.3) is 5.91 Å². The number of hydrogen-bond acceptors (Lipinski definition) is 5. The molecule has 6 nitrogen and oxygen atoms in total. The van der Waals surface area contributed by atoms with E-state index >= 15 is 0 Å². The van der Waals surface area contributed by atoms with Gasteiger partial charge in [0.2, 0.25) is 0 Å². The summed E-state index contributed by atoms with van der Waals surface area (Å²) in [4.78, 5) is 15.2. The summed E-state index contributed by atoms with van der Waals surface area (Å²) in [7, 11) is 0. The molecule has 0 radical (unpaired) electrons. The van der Waals surface area contributed by atoms with Gasteiger partial charge >= 0.3 is 0 Å². The monoisotopic (exact) mass is 411 g/mol. The maximum Gasteiger partial charge on any atom is 0.254 e. The first kappa shape index (κ1) is 21.2. The summed E-state index contributed by atoms with van der Waals surface area (Å²) in [5, 5.41) is 0.396. The summed E-state index contributed by atoms with van der Waals surface area (Å²) in [5.74, 6) is 0.939. The van der Waals surface area contributed by atoms with E-state index in [1.54, 1.807) is 12.1 Å². The molecule has 0 bridgehead atoms. The number of piperidine rings is 1. The fraction of sp³-hybridized carbons (Fsp3) is 0.667. The Bertz CT molecular complexity index is 662. The number of likely N-dealkylation sites (tertiary alicyclic amines) is 1. The zero-order valence-electron chi connectivity index (χ0n) is 16.7. The molecule has 0 spiro atoms. The van der Waals surface area contributed by atoms with Gasteiger partial charge < -0.3 is 23.8 Å². The average molecular weight is 412 g/mol. The predicted molar refractivity (Wildman–Crippen MR) is 107 cm³/mol. The van der Waals surface area contributed by atoms with E-state index in [-0.39, 0.29) is 18.2 Å². The second-order valence-electron chi connectivity index (χ2n) is 7.09. The quantitative estimate of drug-likeness (QED) is 0.597. The Morgan fingerprint density at radius 1 is 1.21 bits per heavy atom. The molecule has 1 aromatic carbocycles. The number of halogens is 1. The highest BCUT2D eigenvalue weighted by atomic mass is 35.5. The van der Waals surface area contributed by atoms with Crippen molar-refractivity contribution < 1.29 is 23.7 Å². The molecule has 2 aliphatic heterocycles. The lowest BCUT2D eigenvalue weighted by atomic mass is 10.00. The van der Waals surface area contributed by atoms with Crippen molar-refractivity contribution in [2.24, 2.45) is 0 Å². The van der Waals surface area contributed by atoms with Crippen molar-refractivity contribution in [1.82, 2.24) is 4.90 Å². The topological polar surface area (TPSA) is 57.2 Å².